The maximum absolute atomic E-state index is 6.01. The van der Waals surface area contributed by atoms with Crippen molar-refractivity contribution in [2.45, 2.75) is 0 Å². The van der Waals surface area contributed by atoms with Crippen LogP contribution in [0.3, 0.4) is 0 Å². The molecular weight excluding hydrogens is 520 g/mol. The molecule has 8 aromatic rings. The molecule has 0 radical (unpaired) electrons. The van der Waals surface area contributed by atoms with Crippen LogP contribution >= 0.6 is 0 Å². The number of fused-ring (bicyclic) bond motifs is 2. The zero-order chi connectivity index (χ0) is 27.9. The van der Waals surface area contributed by atoms with Crippen LogP contribution in [-0.2, 0) is 0 Å². The van der Waals surface area contributed by atoms with E-state index in [1.54, 1.807) is 0 Å². The molecule has 0 bridgehead atoms. The number of aromatic nitrogens is 4. The molecule has 0 aliphatic carbocycles. The van der Waals surface area contributed by atoms with Crippen LogP contribution in [0.25, 0.3) is 78.7 Å². The highest BCUT2D eigenvalue weighted by atomic mass is 16.4. The molecule has 4 aromatic heterocycles. The maximum Gasteiger partial charge on any atom is 0.228 e. The molecule has 0 amide bonds. The highest BCUT2D eigenvalue weighted by Gasteiger charge is 2.12. The summed E-state index contributed by atoms with van der Waals surface area (Å²) in [5, 5.41) is 0. The van der Waals surface area contributed by atoms with Gasteiger partial charge in [-0.3, -0.25) is 0 Å². The lowest BCUT2D eigenvalue weighted by atomic mass is 9.99. The molecule has 0 saturated carbocycles. The molecule has 0 unspecified atom stereocenters. The van der Waals surface area contributed by atoms with Crippen molar-refractivity contribution in [1.29, 1.82) is 0 Å². The van der Waals surface area contributed by atoms with Crippen LogP contribution in [0.5, 0.6) is 0 Å². The van der Waals surface area contributed by atoms with Crippen molar-refractivity contribution in [3.05, 3.63) is 134 Å². The molecule has 0 spiro atoms. The van der Waals surface area contributed by atoms with Crippen molar-refractivity contribution in [3.63, 3.8) is 0 Å². The molecular formula is C36H22N4O2. The second kappa shape index (κ2) is 9.94. The summed E-state index contributed by atoms with van der Waals surface area (Å²) < 4.78 is 12.0. The van der Waals surface area contributed by atoms with Crippen LogP contribution < -0.4 is 0 Å². The van der Waals surface area contributed by atoms with Gasteiger partial charge in [0, 0.05) is 34.6 Å². The van der Waals surface area contributed by atoms with Gasteiger partial charge >= 0.3 is 0 Å². The van der Waals surface area contributed by atoms with Gasteiger partial charge in [0.15, 0.2) is 22.5 Å². The lowest BCUT2D eigenvalue weighted by Crippen LogP contribution is -1.84. The summed E-state index contributed by atoms with van der Waals surface area (Å²) in [7, 11) is 0. The molecule has 0 N–H and O–H groups in total. The SMILES string of the molecule is c1ccc(-c2nc3ncc(-c4ccc(-c5ccc(-c6cnc7nc(-c8ccccc8)oc7c6)cc5)cc4)cc3o2)cc1. The van der Waals surface area contributed by atoms with E-state index in [1.165, 1.54) is 0 Å². The fourth-order valence-electron chi connectivity index (χ4n) is 5.07. The third-order valence-electron chi connectivity index (χ3n) is 7.31. The van der Waals surface area contributed by atoms with Crippen LogP contribution in [0, 0.1) is 0 Å². The zero-order valence-corrected chi connectivity index (χ0v) is 22.3. The van der Waals surface area contributed by atoms with Gasteiger partial charge in [-0.05, 0) is 58.7 Å². The zero-order valence-electron chi connectivity index (χ0n) is 22.3. The van der Waals surface area contributed by atoms with E-state index < -0.39 is 0 Å². The van der Waals surface area contributed by atoms with Crippen LogP contribution in [-0.4, -0.2) is 19.9 Å². The number of hydrogen-bond acceptors (Lipinski definition) is 6. The number of oxazole rings is 2. The quantitative estimate of drug-likeness (QED) is 0.216. The Morgan fingerprint density at radius 1 is 0.357 bits per heavy atom. The minimum absolute atomic E-state index is 0.572. The van der Waals surface area contributed by atoms with E-state index in [0.29, 0.717) is 34.2 Å². The Labute approximate surface area is 241 Å². The normalized spacial score (nSPS) is 11.3. The Kier molecular flexibility index (Phi) is 5.67. The Morgan fingerprint density at radius 3 is 1.10 bits per heavy atom. The van der Waals surface area contributed by atoms with E-state index in [0.717, 1.165) is 44.5 Å². The predicted octanol–water partition coefficient (Wildman–Crippen LogP) is 9.09. The molecule has 42 heavy (non-hydrogen) atoms. The monoisotopic (exact) mass is 542 g/mol. The van der Waals surface area contributed by atoms with E-state index in [4.69, 9.17) is 8.83 Å². The molecule has 6 heteroatoms. The van der Waals surface area contributed by atoms with Gasteiger partial charge in [-0.25, -0.2) is 9.97 Å². The standard InChI is InChI=1S/C36H22N4O2/c1-3-7-27(8-4-1)35-39-33-31(41-35)19-29(21-37-33)25-15-11-23(12-16-25)24-13-17-26(18-14-24)30-20-32-34(38-22-30)40-36(42-32)28-9-5-2-6-10-28/h1-22H. The third kappa shape index (κ3) is 4.41. The topological polar surface area (TPSA) is 77.8 Å². The maximum atomic E-state index is 6.01. The lowest BCUT2D eigenvalue weighted by molar-refractivity contribution is 0.619. The summed E-state index contributed by atoms with van der Waals surface area (Å²) in [4.78, 5) is 18.2. The Balaban J connectivity index is 1.03. The highest BCUT2D eigenvalue weighted by Crippen LogP contribution is 2.31. The van der Waals surface area contributed by atoms with Gasteiger partial charge in [-0.1, -0.05) is 84.9 Å². The van der Waals surface area contributed by atoms with Gasteiger partial charge in [0.05, 0.1) is 0 Å². The first-order chi connectivity index (χ1) is 20.8. The van der Waals surface area contributed by atoms with E-state index in [9.17, 15) is 0 Å². The molecule has 4 aromatic carbocycles. The first kappa shape index (κ1) is 24.0. The summed E-state index contributed by atoms with van der Waals surface area (Å²) in [6.45, 7) is 0. The van der Waals surface area contributed by atoms with E-state index in [-0.39, 0.29) is 0 Å². The van der Waals surface area contributed by atoms with Crippen LogP contribution in [0.4, 0.5) is 0 Å². The highest BCUT2D eigenvalue weighted by molar-refractivity contribution is 5.81. The van der Waals surface area contributed by atoms with Gasteiger partial charge in [-0.2, -0.15) is 9.97 Å². The molecule has 0 aliphatic heterocycles. The Morgan fingerprint density at radius 2 is 0.714 bits per heavy atom. The summed E-state index contributed by atoms with van der Waals surface area (Å²) in [6, 6.07) is 40.6. The van der Waals surface area contributed by atoms with Crippen LogP contribution in [0.1, 0.15) is 0 Å². The molecule has 4 heterocycles. The minimum atomic E-state index is 0.572. The van der Waals surface area contributed by atoms with Gasteiger partial charge in [0.1, 0.15) is 0 Å². The fraction of sp³-hybridized carbons (Fsp3) is 0. The molecule has 8 rings (SSSR count). The smallest absolute Gasteiger partial charge is 0.228 e. The van der Waals surface area contributed by atoms with Gasteiger partial charge in [0.25, 0.3) is 0 Å². The first-order valence-corrected chi connectivity index (χ1v) is 13.6. The second-order valence-electron chi connectivity index (χ2n) is 10.0. The largest absolute Gasteiger partial charge is 0.434 e. The van der Waals surface area contributed by atoms with Gasteiger partial charge in [0.2, 0.25) is 11.8 Å². The third-order valence-corrected chi connectivity index (χ3v) is 7.31. The van der Waals surface area contributed by atoms with Gasteiger partial charge in [-0.15, -0.1) is 0 Å². The molecule has 0 atom stereocenters. The summed E-state index contributed by atoms with van der Waals surface area (Å²) in [5.74, 6) is 1.14. The van der Waals surface area contributed by atoms with E-state index in [1.807, 2.05) is 85.2 Å². The number of pyridine rings is 2. The summed E-state index contributed by atoms with van der Waals surface area (Å²) >= 11 is 0. The van der Waals surface area contributed by atoms with Crippen molar-refractivity contribution in [2.24, 2.45) is 0 Å². The van der Waals surface area contributed by atoms with Crippen molar-refractivity contribution >= 4 is 22.5 Å². The molecule has 0 saturated heterocycles. The number of hydrogen-bond donors (Lipinski definition) is 0. The number of rotatable bonds is 5. The summed E-state index contributed by atoms with van der Waals surface area (Å²) in [6.07, 6.45) is 3.68. The minimum Gasteiger partial charge on any atom is -0.434 e. The Bertz CT molecular complexity index is 2010. The average Bonchev–Trinajstić information content (AvgIpc) is 3.70. The first-order valence-electron chi connectivity index (χ1n) is 13.6. The predicted molar refractivity (Wildman–Crippen MR) is 164 cm³/mol. The molecule has 6 nitrogen and oxygen atoms in total. The van der Waals surface area contributed by atoms with E-state index >= 15 is 0 Å². The summed E-state index contributed by atoms with van der Waals surface area (Å²) in [5.41, 5.74) is 10.7. The van der Waals surface area contributed by atoms with Crippen molar-refractivity contribution in [2.75, 3.05) is 0 Å². The van der Waals surface area contributed by atoms with Crippen LogP contribution in [0.2, 0.25) is 0 Å². The van der Waals surface area contributed by atoms with E-state index in [2.05, 4.69) is 68.5 Å². The van der Waals surface area contributed by atoms with Crippen LogP contribution in [0.15, 0.2) is 143 Å². The van der Waals surface area contributed by atoms with Crippen molar-refractivity contribution in [1.82, 2.24) is 19.9 Å². The average molecular weight is 543 g/mol. The second-order valence-corrected chi connectivity index (χ2v) is 10.0. The molecule has 198 valence electrons. The van der Waals surface area contributed by atoms with Crippen molar-refractivity contribution < 1.29 is 8.83 Å². The molecule has 0 aliphatic rings. The number of benzene rings is 4. The number of nitrogens with zero attached hydrogens (tertiary/aromatic N) is 4. The lowest BCUT2D eigenvalue weighted by Gasteiger charge is -2.07. The Hall–Kier alpha value is -5.88. The van der Waals surface area contributed by atoms with Gasteiger partial charge < -0.3 is 8.83 Å². The molecule has 0 fully saturated rings. The van der Waals surface area contributed by atoms with Crippen molar-refractivity contribution in [3.8, 4) is 56.3 Å². The fourth-order valence-corrected chi connectivity index (χ4v) is 5.07.